The topological polar surface area (TPSA) is 69.7 Å². The van der Waals surface area contributed by atoms with Crippen LogP contribution in [0.5, 0.6) is 0 Å². The number of nitrogens with zero attached hydrogens (tertiary/aromatic N) is 2. The van der Waals surface area contributed by atoms with Gasteiger partial charge in [0, 0.05) is 22.8 Å². The van der Waals surface area contributed by atoms with Gasteiger partial charge in [-0.2, -0.15) is 0 Å². The molecular weight excluding hydrogens is 546 g/mol. The molecule has 4 saturated carbocycles. The minimum absolute atomic E-state index is 0.119. The number of nitrogens with one attached hydrogen (secondary N) is 1. The fraction of sp³-hybridized carbons (Fsp3) is 0.457. The number of likely N-dealkylation sites (N-methyl/N-ethyl adjacent to an activating group) is 1. The number of amides is 4. The normalized spacial score (nSPS) is 30.5. The number of hydrogen-bond donors (Lipinski definition) is 1. The second-order valence-corrected chi connectivity index (χ2v) is 14.2. The molecule has 0 aromatic heterocycles. The highest BCUT2D eigenvalue weighted by molar-refractivity contribution is 6.40. The summed E-state index contributed by atoms with van der Waals surface area (Å²) in [6.07, 6.45) is 11.6. The summed E-state index contributed by atoms with van der Waals surface area (Å²) in [5.74, 6) is 1.12. The molecule has 0 radical (unpaired) electrons. The Morgan fingerprint density at radius 3 is 2.19 bits per heavy atom. The van der Waals surface area contributed by atoms with Crippen LogP contribution in [0.4, 0.5) is 16.2 Å². The van der Waals surface area contributed by atoms with Gasteiger partial charge in [-0.05, 0) is 136 Å². The van der Waals surface area contributed by atoms with Gasteiger partial charge in [0.25, 0.3) is 11.8 Å². The Labute approximate surface area is 252 Å². The monoisotopic (exact) mass is 583 g/mol. The molecule has 8 rings (SSSR count). The Balaban J connectivity index is 1.20. The van der Waals surface area contributed by atoms with E-state index >= 15 is 0 Å². The van der Waals surface area contributed by atoms with Gasteiger partial charge < -0.3 is 4.90 Å². The van der Waals surface area contributed by atoms with E-state index in [1.54, 1.807) is 0 Å². The zero-order valence-electron chi connectivity index (χ0n) is 24.8. The van der Waals surface area contributed by atoms with Crippen LogP contribution in [-0.4, -0.2) is 29.9 Å². The lowest BCUT2D eigenvalue weighted by atomic mass is 9.48. The van der Waals surface area contributed by atoms with Crippen LogP contribution >= 0.6 is 11.6 Å². The number of halogens is 1. The summed E-state index contributed by atoms with van der Waals surface area (Å²) in [6.45, 7) is 9.30. The molecular formula is C35H38ClN3O3. The van der Waals surface area contributed by atoms with Crippen LogP contribution in [0.15, 0.2) is 48.0 Å². The highest BCUT2D eigenvalue weighted by Gasteiger charge is 2.51. The standard InChI is InChI=1S/C35H38ClN3O3/c1-5-38-30-15-29(36)24(13-27(30)20(2)16-34(38,3)4)14-28-31(40)37-33(42)39(32(28)41)26-8-6-25(7-9-26)35-17-21-10-22(18-35)12-23(11-21)19-35/h6-9,13-16,21-23H,5,10-12,17-19H2,1-4H3,(H,37,40,42)/b28-14-. The van der Waals surface area contributed by atoms with Crippen molar-refractivity contribution in [1.82, 2.24) is 5.32 Å². The second-order valence-electron chi connectivity index (χ2n) is 13.8. The average molecular weight is 584 g/mol. The molecule has 0 atom stereocenters. The van der Waals surface area contributed by atoms with Crippen molar-refractivity contribution in [3.8, 4) is 0 Å². The third kappa shape index (κ3) is 4.24. The molecule has 0 unspecified atom stereocenters. The van der Waals surface area contributed by atoms with Crippen molar-refractivity contribution in [2.45, 2.75) is 77.2 Å². The fourth-order valence-electron chi connectivity index (χ4n) is 9.28. The van der Waals surface area contributed by atoms with E-state index in [1.165, 1.54) is 50.2 Å². The zero-order valence-corrected chi connectivity index (χ0v) is 25.6. The molecule has 4 aliphatic carbocycles. The van der Waals surface area contributed by atoms with Gasteiger partial charge in [-0.1, -0.05) is 29.8 Å². The molecule has 6 nitrogen and oxygen atoms in total. The summed E-state index contributed by atoms with van der Waals surface area (Å²) in [5.41, 5.74) is 5.40. The van der Waals surface area contributed by atoms with E-state index in [0.717, 1.165) is 46.0 Å². The number of fused-ring (bicyclic) bond motifs is 1. The molecule has 218 valence electrons. The average Bonchev–Trinajstić information content (AvgIpc) is 2.91. The first-order valence-electron chi connectivity index (χ1n) is 15.3. The molecule has 6 aliphatic rings. The fourth-order valence-corrected chi connectivity index (χ4v) is 9.49. The molecule has 42 heavy (non-hydrogen) atoms. The van der Waals surface area contributed by atoms with Gasteiger partial charge >= 0.3 is 6.03 Å². The molecule has 2 aromatic carbocycles. The highest BCUT2D eigenvalue weighted by Crippen LogP contribution is 2.60. The summed E-state index contributed by atoms with van der Waals surface area (Å²) >= 11 is 6.75. The minimum Gasteiger partial charge on any atom is -0.363 e. The van der Waals surface area contributed by atoms with Crippen LogP contribution < -0.4 is 15.1 Å². The number of rotatable bonds is 4. The first kappa shape index (κ1) is 27.5. The first-order valence-corrected chi connectivity index (χ1v) is 15.7. The minimum atomic E-state index is -0.735. The lowest BCUT2D eigenvalue weighted by Gasteiger charge is -2.57. The van der Waals surface area contributed by atoms with E-state index in [4.69, 9.17) is 11.6 Å². The molecule has 4 bridgehead atoms. The van der Waals surface area contributed by atoms with Crippen molar-refractivity contribution in [2.75, 3.05) is 16.3 Å². The van der Waals surface area contributed by atoms with Crippen LogP contribution in [-0.2, 0) is 15.0 Å². The first-order chi connectivity index (χ1) is 20.0. The zero-order chi connectivity index (χ0) is 29.6. The van der Waals surface area contributed by atoms with Gasteiger partial charge in [0.2, 0.25) is 0 Å². The highest BCUT2D eigenvalue weighted by atomic mass is 35.5. The van der Waals surface area contributed by atoms with E-state index < -0.39 is 17.8 Å². The number of allylic oxidation sites excluding steroid dienone is 1. The maximum absolute atomic E-state index is 13.7. The Hall–Kier alpha value is -3.38. The molecule has 7 heteroatoms. The molecule has 0 spiro atoms. The molecule has 2 heterocycles. The van der Waals surface area contributed by atoms with Gasteiger partial charge in [0.05, 0.1) is 11.2 Å². The van der Waals surface area contributed by atoms with Crippen LogP contribution in [0.25, 0.3) is 11.6 Å². The lowest BCUT2D eigenvalue weighted by molar-refractivity contribution is -0.122. The number of barbiturate groups is 1. The predicted octanol–water partition coefficient (Wildman–Crippen LogP) is 7.50. The summed E-state index contributed by atoms with van der Waals surface area (Å²) in [6, 6.07) is 11.0. The van der Waals surface area contributed by atoms with Crippen molar-refractivity contribution in [1.29, 1.82) is 0 Å². The smallest absolute Gasteiger partial charge is 0.335 e. The second kappa shape index (κ2) is 9.57. The van der Waals surface area contributed by atoms with Crippen LogP contribution in [0, 0.1) is 17.8 Å². The predicted molar refractivity (Wildman–Crippen MR) is 167 cm³/mol. The molecule has 2 aromatic rings. The summed E-state index contributed by atoms with van der Waals surface area (Å²) < 4.78 is 0. The molecule has 1 saturated heterocycles. The summed E-state index contributed by atoms with van der Waals surface area (Å²) in [7, 11) is 0. The number of carbonyl (C=O) groups is 3. The molecule has 2 aliphatic heterocycles. The van der Waals surface area contributed by atoms with E-state index in [0.29, 0.717) is 16.3 Å². The van der Waals surface area contributed by atoms with Crippen molar-refractivity contribution in [3.63, 3.8) is 0 Å². The third-order valence-corrected chi connectivity index (χ3v) is 10.9. The SMILES string of the molecule is CCN1c2cc(Cl)c(/C=C3/C(=O)NC(=O)N(c4ccc(C56CC7CC(CC(C7)C5)C6)cc4)C3=O)cc2C(C)=CC1(C)C. The Kier molecular flexibility index (Phi) is 6.25. The number of hydrogen-bond acceptors (Lipinski definition) is 4. The third-order valence-electron chi connectivity index (χ3n) is 10.6. The van der Waals surface area contributed by atoms with Gasteiger partial charge in [-0.25, -0.2) is 9.69 Å². The Bertz CT molecular complexity index is 1550. The van der Waals surface area contributed by atoms with E-state index in [1.807, 2.05) is 24.3 Å². The number of urea groups is 1. The molecule has 5 fully saturated rings. The van der Waals surface area contributed by atoms with Crippen molar-refractivity contribution >= 4 is 52.5 Å². The van der Waals surface area contributed by atoms with E-state index in [9.17, 15) is 14.4 Å². The van der Waals surface area contributed by atoms with Crippen molar-refractivity contribution in [2.24, 2.45) is 17.8 Å². The van der Waals surface area contributed by atoms with E-state index in [2.05, 4.69) is 56.1 Å². The number of benzene rings is 2. The molecule has 4 amide bonds. The Morgan fingerprint density at radius 1 is 0.976 bits per heavy atom. The Morgan fingerprint density at radius 2 is 1.60 bits per heavy atom. The van der Waals surface area contributed by atoms with Gasteiger partial charge in [-0.15, -0.1) is 0 Å². The lowest BCUT2D eigenvalue weighted by Crippen LogP contribution is -2.54. The number of imide groups is 2. The van der Waals surface area contributed by atoms with Crippen LogP contribution in [0.2, 0.25) is 5.02 Å². The summed E-state index contributed by atoms with van der Waals surface area (Å²) in [5, 5.41) is 2.80. The van der Waals surface area contributed by atoms with Crippen LogP contribution in [0.3, 0.4) is 0 Å². The number of carbonyl (C=O) groups excluding carboxylic acids is 3. The van der Waals surface area contributed by atoms with Crippen LogP contribution in [0.1, 0.15) is 82.9 Å². The maximum Gasteiger partial charge on any atom is 0.335 e. The van der Waals surface area contributed by atoms with Crippen molar-refractivity contribution < 1.29 is 14.4 Å². The van der Waals surface area contributed by atoms with Gasteiger partial charge in [-0.3, -0.25) is 14.9 Å². The maximum atomic E-state index is 13.7. The number of anilines is 2. The van der Waals surface area contributed by atoms with Gasteiger partial charge in [0.1, 0.15) is 5.57 Å². The van der Waals surface area contributed by atoms with Crippen molar-refractivity contribution in [3.05, 3.63) is 69.8 Å². The van der Waals surface area contributed by atoms with E-state index in [-0.39, 0.29) is 16.5 Å². The van der Waals surface area contributed by atoms with Gasteiger partial charge in [0.15, 0.2) is 0 Å². The quantitative estimate of drug-likeness (QED) is 0.299. The summed E-state index contributed by atoms with van der Waals surface area (Å²) in [4.78, 5) is 43.0. The largest absolute Gasteiger partial charge is 0.363 e. The molecule has 1 N–H and O–H groups in total.